The van der Waals surface area contributed by atoms with Crippen LogP contribution in [0.2, 0.25) is 18.1 Å². The number of carbonyl (C=O) groups excluding carboxylic acids is 1. The van der Waals surface area contributed by atoms with Crippen molar-refractivity contribution in [2.24, 2.45) is 5.11 Å². The number of hydrogen-bond donors (Lipinski definition) is 0. The van der Waals surface area contributed by atoms with Crippen LogP contribution in [0.4, 0.5) is 0 Å². The van der Waals surface area contributed by atoms with E-state index in [1.165, 1.54) is 39.2 Å². The Morgan fingerprint density at radius 2 is 1.41 bits per heavy atom. The van der Waals surface area contributed by atoms with Gasteiger partial charge in [-0.2, -0.15) is 0 Å². The third kappa shape index (κ3) is 17.9. The first-order valence-corrected chi connectivity index (χ1v) is 16.1. The summed E-state index contributed by atoms with van der Waals surface area (Å²) in [4.78, 5) is 13.9. The minimum absolute atomic E-state index is 0.0277. The highest BCUT2D eigenvalue weighted by molar-refractivity contribution is 6.74. The highest BCUT2D eigenvalue weighted by Gasteiger charge is 2.38. The fourth-order valence-corrected chi connectivity index (χ4v) is 4.74. The molecule has 0 aliphatic carbocycles. The number of esters is 1. The van der Waals surface area contributed by atoms with Gasteiger partial charge in [-0.25, -0.2) is 0 Å². The largest absolute Gasteiger partial charge is 0.469 e. The maximum atomic E-state index is 11.0. The Bertz CT molecular complexity index is 636. The minimum atomic E-state index is -1.85. The molecule has 0 saturated heterocycles. The standard InChI is InChI=1S/C27H51N3O3Si/c1-27(2,3)34(5,6)33-25(24-29-30-28)22-20-18-16-14-12-10-8-7-9-11-13-15-17-19-21-23-26(31)32-4/h14-17,25H,7-13,18-24H2,1-6H3/b16-14-,17-15-/t25-/m0/s1. The SMILES string of the molecule is COC(=O)CCC/C=C\CCCCCCC/C=C\CCC[C@@H](CN=[N+]=[N-])O[Si](C)(C)C(C)(C)C. The molecule has 196 valence electrons. The van der Waals surface area contributed by atoms with E-state index in [2.05, 4.69) is 72.9 Å². The lowest BCUT2D eigenvalue weighted by Crippen LogP contribution is -2.44. The number of allylic oxidation sites excluding steroid dienone is 4. The molecular weight excluding hydrogens is 442 g/mol. The third-order valence-corrected chi connectivity index (χ3v) is 11.1. The first kappa shape index (κ1) is 32.4. The van der Waals surface area contributed by atoms with Gasteiger partial charge in [0, 0.05) is 11.3 Å². The van der Waals surface area contributed by atoms with Gasteiger partial charge in [-0.3, -0.25) is 4.79 Å². The van der Waals surface area contributed by atoms with Crippen LogP contribution in [0.5, 0.6) is 0 Å². The predicted octanol–water partition coefficient (Wildman–Crippen LogP) is 9.04. The average Bonchev–Trinajstić information content (AvgIpc) is 2.78. The number of azide groups is 1. The summed E-state index contributed by atoms with van der Waals surface area (Å²) in [7, 11) is -0.416. The summed E-state index contributed by atoms with van der Waals surface area (Å²) in [6.07, 6.45) is 23.1. The monoisotopic (exact) mass is 493 g/mol. The van der Waals surface area contributed by atoms with Gasteiger partial charge in [-0.05, 0) is 81.5 Å². The van der Waals surface area contributed by atoms with E-state index in [0.717, 1.165) is 44.9 Å². The van der Waals surface area contributed by atoms with Crippen molar-refractivity contribution in [1.29, 1.82) is 0 Å². The highest BCUT2D eigenvalue weighted by atomic mass is 28.4. The number of ether oxygens (including phenoxy) is 1. The van der Waals surface area contributed by atoms with E-state index in [4.69, 9.17) is 9.96 Å². The lowest BCUT2D eigenvalue weighted by atomic mass is 10.1. The first-order valence-electron chi connectivity index (χ1n) is 13.2. The van der Waals surface area contributed by atoms with Gasteiger partial charge < -0.3 is 9.16 Å². The Hall–Kier alpha value is -1.56. The molecule has 0 rings (SSSR count). The van der Waals surface area contributed by atoms with Gasteiger partial charge in [-0.1, -0.05) is 69.5 Å². The van der Waals surface area contributed by atoms with Crippen LogP contribution < -0.4 is 0 Å². The molecule has 0 fully saturated rings. The summed E-state index contributed by atoms with van der Waals surface area (Å²) < 4.78 is 11.1. The van der Waals surface area contributed by atoms with Crippen molar-refractivity contribution >= 4 is 14.3 Å². The number of carbonyl (C=O) groups is 1. The zero-order valence-electron chi connectivity index (χ0n) is 22.9. The molecule has 0 aliphatic heterocycles. The van der Waals surface area contributed by atoms with Gasteiger partial charge in [0.15, 0.2) is 8.32 Å². The van der Waals surface area contributed by atoms with E-state index in [1.54, 1.807) is 0 Å². The van der Waals surface area contributed by atoms with Crippen LogP contribution in [0.3, 0.4) is 0 Å². The van der Waals surface area contributed by atoms with Crippen molar-refractivity contribution in [3.8, 4) is 0 Å². The second-order valence-electron chi connectivity index (χ2n) is 10.6. The zero-order chi connectivity index (χ0) is 25.7. The maximum Gasteiger partial charge on any atom is 0.305 e. The van der Waals surface area contributed by atoms with E-state index in [9.17, 15) is 4.79 Å². The molecule has 7 heteroatoms. The van der Waals surface area contributed by atoms with E-state index < -0.39 is 8.32 Å². The molecular formula is C27H51N3O3Si. The summed E-state index contributed by atoms with van der Waals surface area (Å²) >= 11 is 0. The molecule has 0 amide bonds. The van der Waals surface area contributed by atoms with Gasteiger partial charge in [0.1, 0.15) is 0 Å². The van der Waals surface area contributed by atoms with E-state index in [-0.39, 0.29) is 17.1 Å². The molecule has 0 saturated carbocycles. The highest BCUT2D eigenvalue weighted by Crippen LogP contribution is 2.37. The van der Waals surface area contributed by atoms with Crippen molar-refractivity contribution < 1.29 is 14.0 Å². The summed E-state index contributed by atoms with van der Waals surface area (Å²) in [6, 6.07) is 0. The normalized spacial score (nSPS) is 13.4. The zero-order valence-corrected chi connectivity index (χ0v) is 23.9. The molecule has 0 aromatic heterocycles. The molecule has 0 bridgehead atoms. The quantitative estimate of drug-likeness (QED) is 0.0322. The van der Waals surface area contributed by atoms with Crippen molar-refractivity contribution in [3.63, 3.8) is 0 Å². The molecule has 0 radical (unpaired) electrons. The molecule has 0 unspecified atom stereocenters. The summed E-state index contributed by atoms with van der Waals surface area (Å²) in [5, 5.41) is 3.94. The Morgan fingerprint density at radius 1 is 0.912 bits per heavy atom. The lowest BCUT2D eigenvalue weighted by Gasteiger charge is -2.39. The topological polar surface area (TPSA) is 84.3 Å². The molecule has 0 N–H and O–H groups in total. The Labute approximate surface area is 210 Å². The van der Waals surface area contributed by atoms with Crippen LogP contribution in [0.1, 0.15) is 104 Å². The fourth-order valence-electron chi connectivity index (χ4n) is 3.36. The van der Waals surface area contributed by atoms with Crippen LogP contribution >= 0.6 is 0 Å². The Balaban J connectivity index is 3.80. The van der Waals surface area contributed by atoms with Crippen molar-refractivity contribution in [2.45, 2.75) is 128 Å². The molecule has 6 nitrogen and oxygen atoms in total. The Kier molecular flexibility index (Phi) is 18.8. The lowest BCUT2D eigenvalue weighted by molar-refractivity contribution is -0.140. The van der Waals surface area contributed by atoms with Gasteiger partial charge >= 0.3 is 5.97 Å². The van der Waals surface area contributed by atoms with Gasteiger partial charge in [0.2, 0.25) is 0 Å². The molecule has 0 aliphatic rings. The number of hydrogen-bond acceptors (Lipinski definition) is 4. The fraction of sp³-hybridized carbons (Fsp3) is 0.815. The second kappa shape index (κ2) is 19.7. The van der Waals surface area contributed by atoms with E-state index >= 15 is 0 Å². The van der Waals surface area contributed by atoms with Crippen LogP contribution in [-0.2, 0) is 14.0 Å². The predicted molar refractivity (Wildman–Crippen MR) is 146 cm³/mol. The van der Waals surface area contributed by atoms with E-state index in [1.807, 2.05) is 0 Å². The van der Waals surface area contributed by atoms with Gasteiger partial charge in [0.25, 0.3) is 0 Å². The number of unbranched alkanes of at least 4 members (excludes halogenated alkanes) is 8. The second-order valence-corrected chi connectivity index (χ2v) is 15.4. The number of nitrogens with zero attached hydrogens (tertiary/aromatic N) is 3. The summed E-state index contributed by atoms with van der Waals surface area (Å²) in [5.41, 5.74) is 8.70. The molecule has 0 aromatic carbocycles. The van der Waals surface area contributed by atoms with Crippen molar-refractivity contribution in [1.82, 2.24) is 0 Å². The molecule has 0 spiro atoms. The van der Waals surface area contributed by atoms with Crippen LogP contribution in [0.15, 0.2) is 29.4 Å². The van der Waals surface area contributed by atoms with Crippen LogP contribution in [0, 0.1) is 0 Å². The Morgan fingerprint density at radius 3 is 1.91 bits per heavy atom. The minimum Gasteiger partial charge on any atom is -0.469 e. The first-order chi connectivity index (χ1) is 16.1. The smallest absolute Gasteiger partial charge is 0.305 e. The van der Waals surface area contributed by atoms with Crippen molar-refractivity contribution in [3.05, 3.63) is 34.7 Å². The van der Waals surface area contributed by atoms with Crippen molar-refractivity contribution in [2.75, 3.05) is 13.7 Å². The number of rotatable bonds is 20. The van der Waals surface area contributed by atoms with Gasteiger partial charge in [0.05, 0.1) is 19.8 Å². The van der Waals surface area contributed by atoms with Crippen LogP contribution in [-0.4, -0.2) is 34.0 Å². The van der Waals surface area contributed by atoms with Crippen LogP contribution in [0.25, 0.3) is 10.4 Å². The third-order valence-electron chi connectivity index (χ3n) is 6.57. The maximum absolute atomic E-state index is 11.0. The number of methoxy groups -OCH3 is 1. The van der Waals surface area contributed by atoms with Gasteiger partial charge in [-0.15, -0.1) is 0 Å². The van der Waals surface area contributed by atoms with E-state index in [0.29, 0.717) is 13.0 Å². The summed E-state index contributed by atoms with van der Waals surface area (Å²) in [6.45, 7) is 11.6. The molecule has 0 aromatic rings. The molecule has 1 atom stereocenters. The molecule has 34 heavy (non-hydrogen) atoms. The molecule has 0 heterocycles. The summed E-state index contributed by atoms with van der Waals surface area (Å²) in [5.74, 6) is -0.120. The average molecular weight is 494 g/mol.